The first-order valence-corrected chi connectivity index (χ1v) is 3.89. The summed E-state index contributed by atoms with van der Waals surface area (Å²) in [6.45, 7) is 0.759. The zero-order valence-electron chi connectivity index (χ0n) is 6.25. The van der Waals surface area contributed by atoms with Crippen molar-refractivity contribution in [2.24, 2.45) is 0 Å². The molecule has 58 valence electrons. The van der Waals surface area contributed by atoms with E-state index in [0.717, 1.165) is 13.0 Å². The summed E-state index contributed by atoms with van der Waals surface area (Å²) in [6.07, 6.45) is 7.22. The molecule has 2 aliphatic rings. The van der Waals surface area contributed by atoms with Crippen molar-refractivity contribution in [3.63, 3.8) is 0 Å². The van der Waals surface area contributed by atoms with Gasteiger partial charge in [-0.3, -0.25) is 4.79 Å². The SMILES string of the molecule is O=C1C=CC2=CCCOC2C1. The van der Waals surface area contributed by atoms with E-state index in [1.165, 1.54) is 5.57 Å². The number of carbonyl (C=O) groups is 1. The smallest absolute Gasteiger partial charge is 0.158 e. The second-order valence-electron chi connectivity index (χ2n) is 2.86. The van der Waals surface area contributed by atoms with E-state index >= 15 is 0 Å². The lowest BCUT2D eigenvalue weighted by molar-refractivity contribution is -0.117. The number of allylic oxidation sites excluding steroid dienone is 1. The van der Waals surface area contributed by atoms with Crippen molar-refractivity contribution in [2.45, 2.75) is 18.9 Å². The van der Waals surface area contributed by atoms with E-state index < -0.39 is 0 Å². The molecule has 2 nitrogen and oxygen atoms in total. The summed E-state index contributed by atoms with van der Waals surface area (Å²) < 4.78 is 5.41. The monoisotopic (exact) mass is 150 g/mol. The average molecular weight is 150 g/mol. The number of carbonyl (C=O) groups excluding carboxylic acids is 1. The summed E-state index contributed by atoms with van der Waals surface area (Å²) in [5.41, 5.74) is 1.18. The van der Waals surface area contributed by atoms with Crippen LogP contribution in [0.4, 0.5) is 0 Å². The Labute approximate surface area is 65.5 Å². The van der Waals surface area contributed by atoms with Crippen LogP contribution in [0.1, 0.15) is 12.8 Å². The van der Waals surface area contributed by atoms with Crippen LogP contribution in [-0.2, 0) is 9.53 Å². The third kappa shape index (κ3) is 1.26. The van der Waals surface area contributed by atoms with E-state index in [2.05, 4.69) is 6.08 Å². The van der Waals surface area contributed by atoms with Crippen LogP contribution in [-0.4, -0.2) is 18.5 Å². The second kappa shape index (κ2) is 2.62. The zero-order valence-corrected chi connectivity index (χ0v) is 6.25. The van der Waals surface area contributed by atoms with Crippen LogP contribution in [0.25, 0.3) is 0 Å². The fourth-order valence-electron chi connectivity index (χ4n) is 1.46. The van der Waals surface area contributed by atoms with Crippen molar-refractivity contribution >= 4 is 5.78 Å². The summed E-state index contributed by atoms with van der Waals surface area (Å²) in [6, 6.07) is 0. The first-order valence-electron chi connectivity index (χ1n) is 3.89. The fraction of sp³-hybridized carbons (Fsp3) is 0.444. The van der Waals surface area contributed by atoms with Crippen molar-refractivity contribution in [1.82, 2.24) is 0 Å². The van der Waals surface area contributed by atoms with Crippen molar-refractivity contribution < 1.29 is 9.53 Å². The Morgan fingerprint density at radius 1 is 1.45 bits per heavy atom. The highest BCUT2D eigenvalue weighted by Gasteiger charge is 2.22. The molecule has 0 N–H and O–H groups in total. The van der Waals surface area contributed by atoms with Crippen molar-refractivity contribution in [3.05, 3.63) is 23.8 Å². The molecule has 0 aromatic carbocycles. The van der Waals surface area contributed by atoms with E-state index in [0.29, 0.717) is 6.42 Å². The quantitative estimate of drug-likeness (QED) is 0.519. The molecule has 0 spiro atoms. The standard InChI is InChI=1S/C9H10O2/c10-8-4-3-7-2-1-5-11-9(7)6-8/h2-4,9H,1,5-6H2. The van der Waals surface area contributed by atoms with Crippen LogP contribution < -0.4 is 0 Å². The van der Waals surface area contributed by atoms with E-state index in [1.54, 1.807) is 6.08 Å². The Morgan fingerprint density at radius 2 is 2.36 bits per heavy atom. The third-order valence-electron chi connectivity index (χ3n) is 2.04. The molecular weight excluding hydrogens is 140 g/mol. The van der Waals surface area contributed by atoms with Gasteiger partial charge in [0.1, 0.15) is 0 Å². The van der Waals surface area contributed by atoms with Crippen LogP contribution in [0, 0.1) is 0 Å². The van der Waals surface area contributed by atoms with Gasteiger partial charge in [0, 0.05) is 6.42 Å². The zero-order chi connectivity index (χ0) is 7.68. The Bertz CT molecular complexity index is 235. The first-order chi connectivity index (χ1) is 5.36. The molecule has 1 unspecified atom stereocenters. The fourth-order valence-corrected chi connectivity index (χ4v) is 1.46. The molecule has 0 saturated carbocycles. The van der Waals surface area contributed by atoms with Crippen LogP contribution >= 0.6 is 0 Å². The Hall–Kier alpha value is -0.890. The molecule has 2 heteroatoms. The molecule has 2 rings (SSSR count). The van der Waals surface area contributed by atoms with Gasteiger partial charge < -0.3 is 4.74 Å². The van der Waals surface area contributed by atoms with Crippen molar-refractivity contribution in [1.29, 1.82) is 0 Å². The van der Waals surface area contributed by atoms with Crippen LogP contribution in [0.2, 0.25) is 0 Å². The molecule has 0 aromatic heterocycles. The third-order valence-corrected chi connectivity index (χ3v) is 2.04. The first kappa shape index (κ1) is 6.80. The average Bonchev–Trinajstić information content (AvgIpc) is 2.04. The van der Waals surface area contributed by atoms with Gasteiger partial charge in [0.15, 0.2) is 5.78 Å². The van der Waals surface area contributed by atoms with Gasteiger partial charge in [-0.25, -0.2) is 0 Å². The molecule has 0 bridgehead atoms. The van der Waals surface area contributed by atoms with E-state index in [4.69, 9.17) is 4.74 Å². The largest absolute Gasteiger partial charge is 0.373 e. The van der Waals surface area contributed by atoms with Gasteiger partial charge in [-0.05, 0) is 18.1 Å². The van der Waals surface area contributed by atoms with Crippen LogP contribution in [0.15, 0.2) is 23.8 Å². The Balaban J connectivity index is 2.26. The molecule has 0 aromatic rings. The summed E-state index contributed by atoms with van der Waals surface area (Å²) >= 11 is 0. The number of hydrogen-bond donors (Lipinski definition) is 0. The maximum Gasteiger partial charge on any atom is 0.158 e. The summed E-state index contributed by atoms with van der Waals surface area (Å²) in [5.74, 6) is 0.175. The van der Waals surface area contributed by atoms with Gasteiger partial charge in [-0.2, -0.15) is 0 Å². The predicted octanol–water partition coefficient (Wildman–Crippen LogP) is 1.23. The lowest BCUT2D eigenvalue weighted by Crippen LogP contribution is -2.25. The summed E-state index contributed by atoms with van der Waals surface area (Å²) in [4.78, 5) is 10.9. The normalized spacial score (nSPS) is 29.6. The minimum absolute atomic E-state index is 0.0567. The Morgan fingerprint density at radius 3 is 3.27 bits per heavy atom. The van der Waals surface area contributed by atoms with E-state index in [9.17, 15) is 4.79 Å². The molecule has 0 saturated heterocycles. The summed E-state index contributed by atoms with van der Waals surface area (Å²) in [5, 5.41) is 0. The topological polar surface area (TPSA) is 26.3 Å². The van der Waals surface area contributed by atoms with Gasteiger partial charge in [-0.15, -0.1) is 0 Å². The highest BCUT2D eigenvalue weighted by atomic mass is 16.5. The van der Waals surface area contributed by atoms with Gasteiger partial charge >= 0.3 is 0 Å². The van der Waals surface area contributed by atoms with Crippen LogP contribution in [0.3, 0.4) is 0 Å². The molecule has 1 aliphatic heterocycles. The van der Waals surface area contributed by atoms with Gasteiger partial charge in [0.2, 0.25) is 0 Å². The van der Waals surface area contributed by atoms with Gasteiger partial charge in [0.05, 0.1) is 12.7 Å². The molecular formula is C9H10O2. The Kier molecular flexibility index (Phi) is 1.62. The van der Waals surface area contributed by atoms with E-state index in [1.807, 2.05) is 6.08 Å². The molecule has 11 heavy (non-hydrogen) atoms. The maximum atomic E-state index is 10.9. The number of rotatable bonds is 0. The highest BCUT2D eigenvalue weighted by Crippen LogP contribution is 2.22. The molecule has 1 atom stereocenters. The highest BCUT2D eigenvalue weighted by molar-refractivity contribution is 5.92. The number of ether oxygens (including phenoxy) is 1. The minimum Gasteiger partial charge on any atom is -0.373 e. The minimum atomic E-state index is 0.0567. The molecule has 1 aliphatic carbocycles. The molecule has 1 heterocycles. The lowest BCUT2D eigenvalue weighted by Gasteiger charge is -2.24. The maximum absolute atomic E-state index is 10.9. The molecule has 0 radical (unpaired) electrons. The summed E-state index contributed by atoms with van der Waals surface area (Å²) in [7, 11) is 0. The van der Waals surface area contributed by atoms with Gasteiger partial charge in [0.25, 0.3) is 0 Å². The number of fused-ring (bicyclic) bond motifs is 1. The van der Waals surface area contributed by atoms with Crippen LogP contribution in [0.5, 0.6) is 0 Å². The lowest BCUT2D eigenvalue weighted by atomic mass is 9.95. The van der Waals surface area contributed by atoms with Gasteiger partial charge in [-0.1, -0.05) is 12.2 Å². The van der Waals surface area contributed by atoms with Crippen molar-refractivity contribution in [2.75, 3.05) is 6.61 Å². The number of ketones is 1. The predicted molar refractivity (Wildman–Crippen MR) is 41.2 cm³/mol. The number of hydrogen-bond acceptors (Lipinski definition) is 2. The van der Waals surface area contributed by atoms with E-state index in [-0.39, 0.29) is 11.9 Å². The molecule has 0 fully saturated rings. The molecule has 0 amide bonds. The second-order valence-corrected chi connectivity index (χ2v) is 2.86. The van der Waals surface area contributed by atoms with Crippen molar-refractivity contribution in [3.8, 4) is 0 Å².